The largest absolute Gasteiger partial charge is 0.404 e. The maximum atomic E-state index is 12.1. The Kier molecular flexibility index (Phi) is 4.38. The van der Waals surface area contributed by atoms with Crippen LogP contribution in [-0.4, -0.2) is 29.2 Å². The number of rotatable bonds is 4. The summed E-state index contributed by atoms with van der Waals surface area (Å²) in [7, 11) is 0. The second kappa shape index (κ2) is 6.78. The second-order valence-corrected chi connectivity index (χ2v) is 5.09. The molecule has 3 rings (SSSR count). The van der Waals surface area contributed by atoms with Gasteiger partial charge in [-0.3, -0.25) is 14.5 Å². The van der Waals surface area contributed by atoms with E-state index in [1.54, 1.807) is 42.5 Å². The van der Waals surface area contributed by atoms with Crippen LogP contribution >= 0.6 is 0 Å². The fraction of sp³-hybridized carbons (Fsp3) is 0.0556. The molecule has 1 saturated heterocycles. The standard InChI is InChI=1S/C18H14N2O4/c21-15(19-14-9-5-2-6-10-14)12-20-16(24-18(23)17(20)22)11-13-7-3-1-4-8-13/h1-11H,12H2,(H,19,21)/b16-11+. The number of cyclic esters (lactones) is 1. The molecule has 6 heteroatoms. The minimum Gasteiger partial charge on any atom is -0.402 e. The van der Waals surface area contributed by atoms with Crippen molar-refractivity contribution in [2.75, 3.05) is 11.9 Å². The molecule has 0 unspecified atom stereocenters. The van der Waals surface area contributed by atoms with Gasteiger partial charge in [0.25, 0.3) is 0 Å². The number of para-hydroxylation sites is 1. The summed E-state index contributed by atoms with van der Waals surface area (Å²) in [4.78, 5) is 36.6. The molecule has 0 aromatic heterocycles. The maximum absolute atomic E-state index is 12.1. The van der Waals surface area contributed by atoms with Crippen molar-refractivity contribution < 1.29 is 19.1 Å². The van der Waals surface area contributed by atoms with Crippen LogP contribution in [0.2, 0.25) is 0 Å². The number of nitrogens with zero attached hydrogens (tertiary/aromatic N) is 1. The average Bonchev–Trinajstić information content (AvgIpc) is 2.84. The van der Waals surface area contributed by atoms with Crippen molar-refractivity contribution in [2.45, 2.75) is 0 Å². The van der Waals surface area contributed by atoms with Gasteiger partial charge in [-0.2, -0.15) is 0 Å². The minimum absolute atomic E-state index is 0.0411. The van der Waals surface area contributed by atoms with Crippen LogP contribution in [-0.2, 0) is 19.1 Å². The molecule has 1 heterocycles. The van der Waals surface area contributed by atoms with E-state index in [1.165, 1.54) is 0 Å². The number of carbonyl (C=O) groups is 3. The molecule has 2 aromatic carbocycles. The van der Waals surface area contributed by atoms with E-state index in [4.69, 9.17) is 4.74 Å². The van der Waals surface area contributed by atoms with Crippen molar-refractivity contribution in [3.63, 3.8) is 0 Å². The van der Waals surface area contributed by atoms with Gasteiger partial charge < -0.3 is 10.1 Å². The SMILES string of the molecule is O=C(CN1C(=O)C(=O)O/C1=C/c1ccccc1)Nc1ccccc1. The lowest BCUT2D eigenvalue weighted by Gasteiger charge is -2.14. The zero-order valence-electron chi connectivity index (χ0n) is 12.6. The summed E-state index contributed by atoms with van der Waals surface area (Å²) in [5.74, 6) is -2.24. The van der Waals surface area contributed by atoms with Crippen molar-refractivity contribution in [2.24, 2.45) is 0 Å². The summed E-state index contributed by atoms with van der Waals surface area (Å²) >= 11 is 0. The van der Waals surface area contributed by atoms with Crippen LogP contribution in [0.15, 0.2) is 66.5 Å². The Bertz CT molecular complexity index is 800. The summed E-state index contributed by atoms with van der Waals surface area (Å²) in [6.07, 6.45) is 1.54. The average molecular weight is 322 g/mol. The van der Waals surface area contributed by atoms with Crippen LogP contribution in [0.3, 0.4) is 0 Å². The molecule has 0 atom stereocenters. The Balaban J connectivity index is 1.76. The molecule has 2 amide bonds. The van der Waals surface area contributed by atoms with E-state index in [9.17, 15) is 14.4 Å². The number of benzene rings is 2. The molecule has 0 spiro atoms. The number of ether oxygens (including phenoxy) is 1. The molecule has 120 valence electrons. The lowest BCUT2D eigenvalue weighted by atomic mass is 10.2. The highest BCUT2D eigenvalue weighted by molar-refractivity contribution is 6.35. The van der Waals surface area contributed by atoms with E-state index in [2.05, 4.69) is 5.32 Å². The normalized spacial score (nSPS) is 15.5. The zero-order valence-corrected chi connectivity index (χ0v) is 12.6. The van der Waals surface area contributed by atoms with Gasteiger partial charge in [-0.25, -0.2) is 4.79 Å². The van der Waals surface area contributed by atoms with Gasteiger partial charge in [-0.05, 0) is 17.7 Å². The Morgan fingerprint density at radius 2 is 1.62 bits per heavy atom. The molecular formula is C18H14N2O4. The van der Waals surface area contributed by atoms with Crippen molar-refractivity contribution in [3.8, 4) is 0 Å². The Morgan fingerprint density at radius 1 is 1.00 bits per heavy atom. The highest BCUT2D eigenvalue weighted by atomic mass is 16.6. The number of carbonyl (C=O) groups excluding carboxylic acids is 3. The topological polar surface area (TPSA) is 75.7 Å². The summed E-state index contributed by atoms with van der Waals surface area (Å²) in [5.41, 5.74) is 1.36. The first-order valence-corrected chi connectivity index (χ1v) is 7.29. The van der Waals surface area contributed by atoms with Crippen LogP contribution in [0, 0.1) is 0 Å². The Morgan fingerprint density at radius 3 is 2.29 bits per heavy atom. The van der Waals surface area contributed by atoms with Crippen LogP contribution in [0.1, 0.15) is 5.56 Å². The summed E-state index contributed by atoms with van der Waals surface area (Å²) < 4.78 is 4.96. The van der Waals surface area contributed by atoms with Gasteiger partial charge in [-0.1, -0.05) is 48.5 Å². The molecule has 0 bridgehead atoms. The third kappa shape index (κ3) is 3.49. The minimum atomic E-state index is -0.996. The number of nitrogens with one attached hydrogen (secondary N) is 1. The predicted molar refractivity (Wildman–Crippen MR) is 87.3 cm³/mol. The molecule has 1 aliphatic heterocycles. The summed E-state index contributed by atoms with van der Waals surface area (Å²) in [6, 6.07) is 17.9. The molecule has 24 heavy (non-hydrogen) atoms. The molecular weight excluding hydrogens is 308 g/mol. The zero-order chi connectivity index (χ0) is 16.9. The Labute approximate surface area is 138 Å². The first-order chi connectivity index (χ1) is 11.6. The second-order valence-electron chi connectivity index (χ2n) is 5.09. The maximum Gasteiger partial charge on any atom is 0.404 e. The predicted octanol–water partition coefficient (Wildman–Crippen LogP) is 2.01. The van der Waals surface area contributed by atoms with Gasteiger partial charge in [0.15, 0.2) is 0 Å². The smallest absolute Gasteiger partial charge is 0.402 e. The van der Waals surface area contributed by atoms with E-state index in [0.29, 0.717) is 5.69 Å². The van der Waals surface area contributed by atoms with E-state index >= 15 is 0 Å². The van der Waals surface area contributed by atoms with Crippen LogP contribution in [0.25, 0.3) is 6.08 Å². The molecule has 1 fully saturated rings. The lowest BCUT2D eigenvalue weighted by molar-refractivity contribution is -0.147. The third-order valence-electron chi connectivity index (χ3n) is 3.33. The lowest BCUT2D eigenvalue weighted by Crippen LogP contribution is -2.34. The van der Waals surface area contributed by atoms with Crippen LogP contribution in [0.5, 0.6) is 0 Å². The number of anilines is 1. The van der Waals surface area contributed by atoms with E-state index < -0.39 is 17.8 Å². The third-order valence-corrected chi connectivity index (χ3v) is 3.33. The molecule has 2 aromatic rings. The van der Waals surface area contributed by atoms with E-state index in [-0.39, 0.29) is 12.4 Å². The van der Waals surface area contributed by atoms with Crippen LogP contribution in [0.4, 0.5) is 5.69 Å². The number of hydrogen-bond donors (Lipinski definition) is 1. The van der Waals surface area contributed by atoms with Crippen molar-refractivity contribution in [1.82, 2.24) is 4.90 Å². The number of hydrogen-bond acceptors (Lipinski definition) is 4. The molecule has 0 radical (unpaired) electrons. The van der Waals surface area contributed by atoms with Gasteiger partial charge in [-0.15, -0.1) is 0 Å². The quantitative estimate of drug-likeness (QED) is 0.690. The van der Waals surface area contributed by atoms with Crippen molar-refractivity contribution >= 4 is 29.5 Å². The van der Waals surface area contributed by atoms with Gasteiger partial charge >= 0.3 is 11.9 Å². The van der Waals surface area contributed by atoms with Gasteiger partial charge in [0.2, 0.25) is 11.8 Å². The first kappa shape index (κ1) is 15.5. The molecule has 0 aliphatic carbocycles. The Hall–Kier alpha value is -3.41. The molecule has 1 aliphatic rings. The fourth-order valence-electron chi connectivity index (χ4n) is 2.22. The number of esters is 1. The monoisotopic (exact) mass is 322 g/mol. The van der Waals surface area contributed by atoms with Gasteiger partial charge in [0.05, 0.1) is 0 Å². The first-order valence-electron chi connectivity index (χ1n) is 7.29. The van der Waals surface area contributed by atoms with Crippen LogP contribution < -0.4 is 5.32 Å². The summed E-state index contributed by atoms with van der Waals surface area (Å²) in [5, 5.41) is 2.66. The van der Waals surface area contributed by atoms with Gasteiger partial charge in [0.1, 0.15) is 6.54 Å². The molecule has 0 saturated carbocycles. The van der Waals surface area contributed by atoms with Gasteiger partial charge in [0, 0.05) is 11.8 Å². The fourth-order valence-corrected chi connectivity index (χ4v) is 2.22. The van der Waals surface area contributed by atoms with Crippen molar-refractivity contribution in [3.05, 3.63) is 72.1 Å². The number of amides is 2. The highest BCUT2D eigenvalue weighted by Gasteiger charge is 2.37. The van der Waals surface area contributed by atoms with E-state index in [1.807, 2.05) is 24.3 Å². The molecule has 1 N–H and O–H groups in total. The van der Waals surface area contributed by atoms with E-state index in [0.717, 1.165) is 10.5 Å². The highest BCUT2D eigenvalue weighted by Crippen LogP contribution is 2.20. The summed E-state index contributed by atoms with van der Waals surface area (Å²) in [6.45, 7) is -0.307. The van der Waals surface area contributed by atoms with Crippen molar-refractivity contribution in [1.29, 1.82) is 0 Å². The molecule has 6 nitrogen and oxygen atoms in total.